The van der Waals surface area contributed by atoms with Crippen LogP contribution in [0.1, 0.15) is 24.5 Å². The first-order valence-electron chi connectivity index (χ1n) is 8.81. The van der Waals surface area contributed by atoms with E-state index in [2.05, 4.69) is 38.8 Å². The molecule has 5 rings (SSSR count). The Bertz CT molecular complexity index is 890. The lowest BCUT2D eigenvalue weighted by molar-refractivity contribution is -0.134. The van der Waals surface area contributed by atoms with E-state index in [-0.39, 0.29) is 17.7 Å². The Balaban J connectivity index is 1.46. The summed E-state index contributed by atoms with van der Waals surface area (Å²) in [6.07, 6.45) is 0.899. The fourth-order valence-corrected chi connectivity index (χ4v) is 4.33. The quantitative estimate of drug-likeness (QED) is 0.779. The van der Waals surface area contributed by atoms with Gasteiger partial charge in [-0.25, -0.2) is 0 Å². The normalized spacial score (nSPS) is 25.0. The second kappa shape index (κ2) is 5.05. The zero-order valence-corrected chi connectivity index (χ0v) is 14.2. The van der Waals surface area contributed by atoms with Gasteiger partial charge in [0.15, 0.2) is 0 Å². The number of nitrogens with one attached hydrogen (secondary N) is 2. The molecule has 1 atom stereocenters. The molecule has 1 aromatic carbocycles. The fraction of sp³-hybridized carbons (Fsp3) is 0.500. The topological polar surface area (TPSA) is 79.3 Å². The third-order valence-corrected chi connectivity index (χ3v) is 5.85. The summed E-state index contributed by atoms with van der Waals surface area (Å²) in [5.41, 5.74) is 3.50. The van der Waals surface area contributed by atoms with Crippen LogP contribution in [0.2, 0.25) is 0 Å². The third-order valence-electron chi connectivity index (χ3n) is 5.85. The van der Waals surface area contributed by atoms with E-state index in [1.54, 1.807) is 0 Å². The largest absolute Gasteiger partial charge is 0.370 e. The number of nitrogens with zero attached hydrogens (tertiary/aromatic N) is 3. The van der Waals surface area contributed by atoms with Crippen molar-refractivity contribution in [3.63, 3.8) is 0 Å². The molecule has 7 heteroatoms. The Morgan fingerprint density at radius 2 is 2.04 bits per heavy atom. The van der Waals surface area contributed by atoms with E-state index >= 15 is 0 Å². The van der Waals surface area contributed by atoms with Gasteiger partial charge in [0.2, 0.25) is 11.8 Å². The van der Waals surface area contributed by atoms with Gasteiger partial charge in [-0.3, -0.25) is 19.6 Å². The number of hydrogen-bond acceptors (Lipinski definition) is 5. The van der Waals surface area contributed by atoms with Crippen LogP contribution in [0, 0.1) is 5.41 Å². The maximum atomic E-state index is 12.2. The number of rotatable bonds is 2. The number of hydrogen-bond donors (Lipinski definition) is 2. The summed E-state index contributed by atoms with van der Waals surface area (Å²) in [6, 6.07) is 6.36. The maximum absolute atomic E-state index is 12.2. The van der Waals surface area contributed by atoms with Gasteiger partial charge >= 0.3 is 0 Å². The minimum Gasteiger partial charge on any atom is -0.370 e. The Morgan fingerprint density at radius 1 is 1.24 bits per heavy atom. The van der Waals surface area contributed by atoms with Crippen molar-refractivity contribution in [3.8, 4) is 0 Å². The third kappa shape index (κ3) is 2.18. The van der Waals surface area contributed by atoms with Crippen LogP contribution >= 0.6 is 0 Å². The van der Waals surface area contributed by atoms with Crippen molar-refractivity contribution >= 4 is 28.4 Å². The summed E-state index contributed by atoms with van der Waals surface area (Å²) in [7, 11) is 1.91. The molecule has 0 aliphatic carbocycles. The van der Waals surface area contributed by atoms with Crippen molar-refractivity contribution in [2.24, 2.45) is 12.5 Å². The molecule has 3 aliphatic heterocycles. The van der Waals surface area contributed by atoms with Crippen LogP contribution in [0.3, 0.4) is 0 Å². The Kier molecular flexibility index (Phi) is 3.01. The average Bonchev–Trinajstić information content (AvgIpc) is 2.81. The zero-order valence-electron chi connectivity index (χ0n) is 14.2. The van der Waals surface area contributed by atoms with E-state index in [1.165, 1.54) is 5.69 Å². The number of benzene rings is 1. The number of carbonyl (C=O) groups excluding carboxylic acids is 2. The predicted octanol–water partition coefficient (Wildman–Crippen LogP) is 0.503. The van der Waals surface area contributed by atoms with Crippen LogP contribution in [0.15, 0.2) is 18.2 Å². The maximum Gasteiger partial charge on any atom is 0.235 e. The molecule has 3 aliphatic rings. The number of aromatic nitrogens is 2. The lowest BCUT2D eigenvalue weighted by atomic mass is 9.74. The summed E-state index contributed by atoms with van der Waals surface area (Å²) >= 11 is 0. The van der Waals surface area contributed by atoms with Gasteiger partial charge < -0.3 is 10.2 Å². The van der Waals surface area contributed by atoms with E-state index in [9.17, 15) is 9.59 Å². The summed E-state index contributed by atoms with van der Waals surface area (Å²) < 4.78 is 1.85. The highest BCUT2D eigenvalue weighted by atomic mass is 16.2. The fourth-order valence-electron chi connectivity index (χ4n) is 4.33. The van der Waals surface area contributed by atoms with Gasteiger partial charge in [-0.15, -0.1) is 0 Å². The number of anilines is 1. The smallest absolute Gasteiger partial charge is 0.235 e. The number of fused-ring (bicyclic) bond motifs is 1. The van der Waals surface area contributed by atoms with Crippen LogP contribution < -0.4 is 15.5 Å². The molecule has 3 saturated heterocycles. The lowest BCUT2D eigenvalue weighted by Crippen LogP contribution is -2.71. The van der Waals surface area contributed by atoms with Crippen molar-refractivity contribution in [1.82, 2.24) is 20.4 Å². The molecule has 4 heterocycles. The van der Waals surface area contributed by atoms with Gasteiger partial charge in [0.05, 0.1) is 17.1 Å². The average molecular weight is 339 g/mol. The van der Waals surface area contributed by atoms with Crippen LogP contribution in [0.4, 0.5) is 5.69 Å². The summed E-state index contributed by atoms with van der Waals surface area (Å²) in [4.78, 5) is 26.0. The van der Waals surface area contributed by atoms with E-state index in [0.29, 0.717) is 18.3 Å². The number of carbonyl (C=O) groups is 2. The molecule has 0 bridgehead atoms. The second-order valence-corrected chi connectivity index (χ2v) is 7.67. The Morgan fingerprint density at radius 3 is 2.72 bits per heavy atom. The molecular weight excluding hydrogens is 318 g/mol. The summed E-state index contributed by atoms with van der Waals surface area (Å²) in [6.45, 7) is 4.45. The Hall–Kier alpha value is -2.41. The van der Waals surface area contributed by atoms with Gasteiger partial charge in [-0.1, -0.05) is 0 Å². The molecule has 2 amide bonds. The monoisotopic (exact) mass is 339 g/mol. The van der Waals surface area contributed by atoms with Crippen LogP contribution in [0.25, 0.3) is 10.9 Å². The van der Waals surface area contributed by atoms with Gasteiger partial charge in [0, 0.05) is 56.1 Å². The summed E-state index contributed by atoms with van der Waals surface area (Å²) in [5, 5.41) is 11.4. The van der Waals surface area contributed by atoms with Crippen molar-refractivity contribution in [2.45, 2.75) is 18.8 Å². The second-order valence-electron chi connectivity index (χ2n) is 7.67. The standard InChI is InChI=1S/C18H21N5O2/c1-22-14-6-11(23-9-18(10-23)7-19-8-18)2-3-12(14)16(21-22)13-4-5-15(24)20-17(13)25/h2-3,6,13,19H,4-5,7-10H2,1H3,(H,20,24,25). The SMILES string of the molecule is Cn1nc(C2CCC(=O)NC2=O)c2ccc(N3CC4(CNC4)C3)cc21. The van der Waals surface area contributed by atoms with Crippen LogP contribution in [0.5, 0.6) is 0 Å². The zero-order chi connectivity index (χ0) is 17.2. The highest BCUT2D eigenvalue weighted by Gasteiger charge is 2.47. The summed E-state index contributed by atoms with van der Waals surface area (Å²) in [5.74, 6) is -0.774. The number of aryl methyl sites for hydroxylation is 1. The highest BCUT2D eigenvalue weighted by Crippen LogP contribution is 2.39. The highest BCUT2D eigenvalue weighted by molar-refractivity contribution is 6.02. The molecule has 1 spiro atoms. The van der Waals surface area contributed by atoms with E-state index < -0.39 is 0 Å². The molecule has 25 heavy (non-hydrogen) atoms. The molecule has 1 aromatic heterocycles. The predicted molar refractivity (Wildman–Crippen MR) is 93.4 cm³/mol. The van der Waals surface area contributed by atoms with E-state index in [4.69, 9.17) is 0 Å². The molecule has 2 aromatic rings. The Labute approximate surface area is 145 Å². The van der Waals surface area contributed by atoms with Crippen molar-refractivity contribution in [2.75, 3.05) is 31.1 Å². The van der Waals surface area contributed by atoms with Crippen molar-refractivity contribution in [1.29, 1.82) is 0 Å². The first kappa shape index (κ1) is 14.9. The van der Waals surface area contributed by atoms with Gasteiger partial charge in [0.1, 0.15) is 0 Å². The number of amides is 2. The van der Waals surface area contributed by atoms with E-state index in [1.807, 2.05) is 11.7 Å². The molecular formula is C18H21N5O2. The van der Waals surface area contributed by atoms with Gasteiger partial charge in [-0.05, 0) is 24.6 Å². The first-order valence-corrected chi connectivity index (χ1v) is 8.81. The van der Waals surface area contributed by atoms with Crippen LogP contribution in [-0.4, -0.2) is 47.8 Å². The molecule has 3 fully saturated rings. The molecule has 7 nitrogen and oxygen atoms in total. The number of piperidine rings is 1. The molecule has 1 unspecified atom stereocenters. The molecule has 0 saturated carbocycles. The van der Waals surface area contributed by atoms with Crippen molar-refractivity contribution in [3.05, 3.63) is 23.9 Å². The van der Waals surface area contributed by atoms with Gasteiger partial charge in [-0.2, -0.15) is 5.10 Å². The molecule has 130 valence electrons. The molecule has 0 radical (unpaired) electrons. The van der Waals surface area contributed by atoms with Crippen molar-refractivity contribution < 1.29 is 9.59 Å². The molecule has 2 N–H and O–H groups in total. The van der Waals surface area contributed by atoms with E-state index in [0.717, 1.165) is 42.8 Å². The van der Waals surface area contributed by atoms with Gasteiger partial charge in [0.25, 0.3) is 0 Å². The number of imide groups is 1. The van der Waals surface area contributed by atoms with Crippen LogP contribution in [-0.2, 0) is 16.6 Å². The minimum atomic E-state index is -0.347. The first-order chi connectivity index (χ1) is 12.0. The lowest BCUT2D eigenvalue weighted by Gasteiger charge is -2.57. The minimum absolute atomic E-state index is 0.194.